The van der Waals surface area contributed by atoms with Crippen molar-refractivity contribution < 1.29 is 12.8 Å². The van der Waals surface area contributed by atoms with Crippen LogP contribution in [0, 0.1) is 5.82 Å². The van der Waals surface area contributed by atoms with E-state index in [0.29, 0.717) is 23.7 Å². The van der Waals surface area contributed by atoms with Gasteiger partial charge in [0.05, 0.1) is 5.25 Å². The molecule has 1 aromatic heterocycles. The van der Waals surface area contributed by atoms with E-state index in [1.165, 1.54) is 17.4 Å². The fraction of sp³-hybridized carbons (Fsp3) is 0.579. The van der Waals surface area contributed by atoms with Gasteiger partial charge in [-0.25, -0.2) is 17.1 Å². The van der Waals surface area contributed by atoms with E-state index < -0.39 is 10.0 Å². The summed E-state index contributed by atoms with van der Waals surface area (Å²) in [6, 6.07) is 6.53. The van der Waals surface area contributed by atoms with Crippen molar-refractivity contribution in [2.45, 2.75) is 56.1 Å². The highest BCUT2D eigenvalue weighted by Gasteiger charge is 2.37. The molecule has 5 nitrogen and oxygen atoms in total. The van der Waals surface area contributed by atoms with Gasteiger partial charge in [-0.3, -0.25) is 0 Å². The summed E-state index contributed by atoms with van der Waals surface area (Å²) in [5.41, 5.74) is 0.448. The van der Waals surface area contributed by atoms with Gasteiger partial charge in [-0.05, 0) is 37.8 Å². The van der Waals surface area contributed by atoms with Crippen LogP contribution in [0.3, 0.4) is 0 Å². The Labute approximate surface area is 163 Å². The Bertz CT molecular complexity index is 894. The van der Waals surface area contributed by atoms with E-state index in [1.807, 2.05) is 0 Å². The maximum Gasteiger partial charge on any atom is 0.217 e. The lowest BCUT2D eigenvalue weighted by Crippen LogP contribution is -2.44. The lowest BCUT2D eigenvalue weighted by molar-refractivity contribution is 0.306. The van der Waals surface area contributed by atoms with Crippen LogP contribution in [0.4, 0.5) is 4.39 Å². The molecule has 1 aromatic carbocycles. The maximum atomic E-state index is 14.0. The van der Waals surface area contributed by atoms with Gasteiger partial charge in [0.15, 0.2) is 5.01 Å². The summed E-state index contributed by atoms with van der Waals surface area (Å²) >= 11 is 1.37. The standard InChI is InChI=1S/C19H24FN3O2S2/c20-17-11-5-4-10-16(17)19-22-21-18(26-19)14-7-6-12-23(13-14)27(24,25)15-8-2-1-3-9-15/h4-5,10-11,14-15H,1-3,6-9,12-13H2. The van der Waals surface area contributed by atoms with E-state index in [-0.39, 0.29) is 17.0 Å². The molecule has 1 aliphatic heterocycles. The van der Waals surface area contributed by atoms with Gasteiger partial charge in [0.25, 0.3) is 0 Å². The highest BCUT2D eigenvalue weighted by molar-refractivity contribution is 7.89. The van der Waals surface area contributed by atoms with Crippen molar-refractivity contribution in [1.82, 2.24) is 14.5 Å². The molecule has 2 heterocycles. The van der Waals surface area contributed by atoms with E-state index in [1.54, 1.807) is 22.5 Å². The molecular formula is C19H24FN3O2S2. The van der Waals surface area contributed by atoms with E-state index in [4.69, 9.17) is 0 Å². The highest BCUT2D eigenvalue weighted by Crippen LogP contribution is 2.35. The Morgan fingerprint density at radius 1 is 1.04 bits per heavy atom. The molecule has 1 saturated carbocycles. The molecule has 1 unspecified atom stereocenters. The van der Waals surface area contributed by atoms with Crippen molar-refractivity contribution in [2.24, 2.45) is 0 Å². The summed E-state index contributed by atoms with van der Waals surface area (Å²) in [6.07, 6.45) is 6.42. The van der Waals surface area contributed by atoms with Crippen LogP contribution in [0.25, 0.3) is 10.6 Å². The Hall–Kier alpha value is -1.38. The summed E-state index contributed by atoms with van der Waals surface area (Å²) in [5, 5.41) is 9.55. The summed E-state index contributed by atoms with van der Waals surface area (Å²) in [5.74, 6) is -0.277. The van der Waals surface area contributed by atoms with Crippen molar-refractivity contribution in [3.63, 3.8) is 0 Å². The van der Waals surface area contributed by atoms with Crippen molar-refractivity contribution in [1.29, 1.82) is 0 Å². The van der Waals surface area contributed by atoms with Crippen LogP contribution < -0.4 is 0 Å². The van der Waals surface area contributed by atoms with Gasteiger partial charge in [0.2, 0.25) is 10.0 Å². The molecule has 0 spiro atoms. The topological polar surface area (TPSA) is 63.2 Å². The number of benzene rings is 1. The van der Waals surface area contributed by atoms with Crippen LogP contribution in [0.2, 0.25) is 0 Å². The molecule has 1 aliphatic carbocycles. The lowest BCUT2D eigenvalue weighted by atomic mass is 10.0. The Kier molecular flexibility index (Phi) is 5.57. The molecule has 146 valence electrons. The first kappa shape index (κ1) is 19.0. The number of aromatic nitrogens is 2. The molecule has 1 saturated heterocycles. The van der Waals surface area contributed by atoms with Crippen LogP contribution in [0.5, 0.6) is 0 Å². The van der Waals surface area contributed by atoms with Crippen LogP contribution in [0.1, 0.15) is 55.9 Å². The first-order valence-corrected chi connectivity index (χ1v) is 11.9. The second-order valence-electron chi connectivity index (χ2n) is 7.43. The maximum absolute atomic E-state index is 14.0. The molecular weight excluding hydrogens is 385 g/mol. The molecule has 2 fully saturated rings. The normalized spacial score (nSPS) is 22.8. The predicted molar refractivity (Wildman–Crippen MR) is 105 cm³/mol. The van der Waals surface area contributed by atoms with Crippen molar-refractivity contribution in [3.05, 3.63) is 35.1 Å². The number of halogens is 1. The Morgan fingerprint density at radius 3 is 2.59 bits per heavy atom. The second kappa shape index (κ2) is 7.93. The highest BCUT2D eigenvalue weighted by atomic mass is 32.2. The van der Waals surface area contributed by atoms with Crippen molar-refractivity contribution in [2.75, 3.05) is 13.1 Å². The summed E-state index contributed by atoms with van der Waals surface area (Å²) < 4.78 is 41.7. The molecule has 8 heteroatoms. The van der Waals surface area contributed by atoms with Crippen LogP contribution in [0.15, 0.2) is 24.3 Å². The zero-order valence-electron chi connectivity index (χ0n) is 15.2. The minimum Gasteiger partial charge on any atom is -0.212 e. The number of hydrogen-bond acceptors (Lipinski definition) is 5. The SMILES string of the molecule is O=S(=O)(C1CCCCC1)N1CCCC(c2nnc(-c3ccccc3F)s2)C1. The second-order valence-corrected chi connectivity index (χ2v) is 10.6. The first-order chi connectivity index (χ1) is 13.1. The Balaban J connectivity index is 1.51. The van der Waals surface area contributed by atoms with Crippen LogP contribution in [-0.2, 0) is 10.0 Å². The zero-order chi connectivity index (χ0) is 18.9. The van der Waals surface area contributed by atoms with E-state index in [2.05, 4.69) is 10.2 Å². The summed E-state index contributed by atoms with van der Waals surface area (Å²) in [6.45, 7) is 1.05. The van der Waals surface area contributed by atoms with Gasteiger partial charge < -0.3 is 0 Å². The zero-order valence-corrected chi connectivity index (χ0v) is 16.8. The summed E-state index contributed by atoms with van der Waals surface area (Å²) in [7, 11) is -3.25. The quantitative estimate of drug-likeness (QED) is 0.760. The minimum atomic E-state index is -3.25. The lowest BCUT2D eigenvalue weighted by Gasteiger charge is -2.34. The van der Waals surface area contributed by atoms with E-state index in [0.717, 1.165) is 50.0 Å². The Morgan fingerprint density at radius 2 is 1.81 bits per heavy atom. The van der Waals surface area contributed by atoms with Crippen molar-refractivity contribution in [3.8, 4) is 10.6 Å². The minimum absolute atomic E-state index is 0.0372. The van der Waals surface area contributed by atoms with Gasteiger partial charge >= 0.3 is 0 Å². The molecule has 2 aliphatic rings. The number of rotatable bonds is 4. The smallest absolute Gasteiger partial charge is 0.212 e. The monoisotopic (exact) mass is 409 g/mol. The average Bonchev–Trinajstić information content (AvgIpc) is 3.19. The van der Waals surface area contributed by atoms with Crippen LogP contribution >= 0.6 is 11.3 Å². The third-order valence-corrected chi connectivity index (χ3v) is 9.10. The molecule has 4 rings (SSSR count). The predicted octanol–water partition coefficient (Wildman–Crippen LogP) is 4.19. The van der Waals surface area contributed by atoms with Crippen LogP contribution in [-0.4, -0.2) is 41.3 Å². The third kappa shape index (κ3) is 3.93. The largest absolute Gasteiger partial charge is 0.217 e. The number of piperidine rings is 1. The van der Waals surface area contributed by atoms with Gasteiger partial charge in [-0.2, -0.15) is 0 Å². The van der Waals surface area contributed by atoms with Gasteiger partial charge in [-0.15, -0.1) is 10.2 Å². The number of sulfonamides is 1. The molecule has 2 aromatic rings. The molecule has 0 N–H and O–H groups in total. The number of nitrogens with zero attached hydrogens (tertiary/aromatic N) is 3. The summed E-state index contributed by atoms with van der Waals surface area (Å²) in [4.78, 5) is 0. The third-order valence-electron chi connectivity index (χ3n) is 5.61. The fourth-order valence-corrected chi connectivity index (χ4v) is 7.21. The van der Waals surface area contributed by atoms with E-state index in [9.17, 15) is 12.8 Å². The molecule has 0 bridgehead atoms. The molecule has 0 amide bonds. The molecule has 27 heavy (non-hydrogen) atoms. The number of hydrogen-bond donors (Lipinski definition) is 0. The fourth-order valence-electron chi connectivity index (χ4n) is 4.09. The van der Waals surface area contributed by atoms with Gasteiger partial charge in [0, 0.05) is 24.6 Å². The molecule has 0 radical (unpaired) electrons. The first-order valence-electron chi connectivity index (χ1n) is 9.63. The van der Waals surface area contributed by atoms with Crippen molar-refractivity contribution >= 4 is 21.4 Å². The van der Waals surface area contributed by atoms with E-state index >= 15 is 0 Å². The van der Waals surface area contributed by atoms with Gasteiger partial charge in [0.1, 0.15) is 10.8 Å². The van der Waals surface area contributed by atoms with Gasteiger partial charge in [-0.1, -0.05) is 42.7 Å². The average molecular weight is 410 g/mol. The molecule has 1 atom stereocenters.